The van der Waals surface area contributed by atoms with E-state index in [4.69, 9.17) is 0 Å². The molecule has 0 aliphatic carbocycles. The highest BCUT2D eigenvalue weighted by Gasteiger charge is 2.44. The molecule has 1 aromatic carbocycles. The predicted molar refractivity (Wildman–Crippen MR) is 99.1 cm³/mol. The Morgan fingerprint density at radius 2 is 1.96 bits per heavy atom. The second kappa shape index (κ2) is 6.23. The molecule has 0 unspecified atom stereocenters. The summed E-state index contributed by atoms with van der Waals surface area (Å²) in [5, 5.41) is 9.72. The van der Waals surface area contributed by atoms with Crippen molar-refractivity contribution in [1.29, 1.82) is 0 Å². The van der Waals surface area contributed by atoms with Gasteiger partial charge in [0.25, 0.3) is 0 Å². The third-order valence-electron chi connectivity index (χ3n) is 4.88. The number of carbonyl (C=O) groups is 1. The lowest BCUT2D eigenvalue weighted by Crippen LogP contribution is -2.58. The van der Waals surface area contributed by atoms with Crippen molar-refractivity contribution in [2.45, 2.75) is 25.3 Å². The molecule has 25 heavy (non-hydrogen) atoms. The summed E-state index contributed by atoms with van der Waals surface area (Å²) in [5.41, 5.74) is 1.28. The van der Waals surface area contributed by atoms with E-state index >= 15 is 0 Å². The van der Waals surface area contributed by atoms with E-state index < -0.39 is 5.54 Å². The monoisotopic (exact) mass is 338 g/mol. The number of carbonyl (C=O) groups excluding carboxylic acids is 1. The zero-order valence-corrected chi connectivity index (χ0v) is 14.2. The van der Waals surface area contributed by atoms with Gasteiger partial charge in [-0.05, 0) is 38.0 Å². The first-order chi connectivity index (χ1) is 12.2. The van der Waals surface area contributed by atoms with Crippen molar-refractivity contribution in [1.82, 2.24) is 9.97 Å². The Balaban J connectivity index is 1.50. The molecule has 1 amide bonds. The van der Waals surface area contributed by atoms with Crippen LogP contribution in [0.2, 0.25) is 0 Å². The molecule has 7 nitrogen and oxygen atoms in total. The molecule has 3 heterocycles. The summed E-state index contributed by atoms with van der Waals surface area (Å²) in [7, 11) is 0. The molecular formula is C18H22N6O. The minimum atomic E-state index is -0.551. The molecular weight excluding hydrogens is 316 g/mol. The molecule has 0 bridgehead atoms. The number of piperidine rings is 1. The van der Waals surface area contributed by atoms with Crippen molar-refractivity contribution >= 4 is 29.0 Å². The number of amides is 1. The molecule has 2 aromatic rings. The first-order valence-electron chi connectivity index (χ1n) is 8.71. The summed E-state index contributed by atoms with van der Waals surface area (Å²) in [6, 6.07) is 9.70. The van der Waals surface area contributed by atoms with Gasteiger partial charge in [-0.1, -0.05) is 12.1 Å². The first kappa shape index (κ1) is 15.7. The second-order valence-electron chi connectivity index (χ2n) is 6.47. The molecule has 1 saturated heterocycles. The van der Waals surface area contributed by atoms with Gasteiger partial charge in [0.15, 0.2) is 0 Å². The van der Waals surface area contributed by atoms with Gasteiger partial charge in [0.2, 0.25) is 11.9 Å². The van der Waals surface area contributed by atoms with Gasteiger partial charge < -0.3 is 20.9 Å². The van der Waals surface area contributed by atoms with Crippen LogP contribution in [0.4, 0.5) is 23.1 Å². The van der Waals surface area contributed by atoms with Gasteiger partial charge in [-0.25, -0.2) is 4.98 Å². The molecule has 1 spiro atoms. The predicted octanol–water partition coefficient (Wildman–Crippen LogP) is 2.31. The van der Waals surface area contributed by atoms with Crippen LogP contribution in [0.5, 0.6) is 0 Å². The normalized spacial score (nSPS) is 18.3. The summed E-state index contributed by atoms with van der Waals surface area (Å²) in [6.07, 6.45) is 3.19. The van der Waals surface area contributed by atoms with Crippen molar-refractivity contribution in [3.05, 3.63) is 36.5 Å². The third-order valence-corrected chi connectivity index (χ3v) is 4.88. The van der Waals surface area contributed by atoms with E-state index in [0.717, 1.165) is 36.8 Å². The fourth-order valence-corrected chi connectivity index (χ4v) is 3.48. The Kier molecular flexibility index (Phi) is 3.91. The van der Waals surface area contributed by atoms with Gasteiger partial charge in [0.1, 0.15) is 11.4 Å². The van der Waals surface area contributed by atoms with Gasteiger partial charge in [-0.2, -0.15) is 4.98 Å². The number of hydrogen-bond acceptors (Lipinski definition) is 6. The summed E-state index contributed by atoms with van der Waals surface area (Å²) in [6.45, 7) is 4.33. The maximum atomic E-state index is 12.7. The SMILES string of the molecule is CCNc1ccnc(N2CCC3(CC2)Nc2ccccc2NC3=O)n1. The van der Waals surface area contributed by atoms with E-state index in [9.17, 15) is 4.79 Å². The zero-order valence-electron chi connectivity index (χ0n) is 14.2. The second-order valence-corrected chi connectivity index (χ2v) is 6.47. The number of hydrogen-bond donors (Lipinski definition) is 3. The highest BCUT2D eigenvalue weighted by Crippen LogP contribution is 2.36. The van der Waals surface area contributed by atoms with Crippen LogP contribution in [-0.4, -0.2) is 41.0 Å². The van der Waals surface area contributed by atoms with Crippen LogP contribution in [-0.2, 0) is 4.79 Å². The molecule has 2 aliphatic rings. The largest absolute Gasteiger partial charge is 0.370 e. The summed E-state index contributed by atoms with van der Waals surface area (Å²) in [5.74, 6) is 1.59. The van der Waals surface area contributed by atoms with E-state index in [-0.39, 0.29) is 5.91 Å². The standard InChI is InChI=1S/C18H22N6O/c1-2-19-15-7-10-20-17(22-15)24-11-8-18(9-12-24)16(25)21-13-5-3-4-6-14(13)23-18/h3-7,10,23H,2,8-9,11-12H2,1H3,(H,21,25)(H,19,20,22). The van der Waals surface area contributed by atoms with Crippen molar-refractivity contribution < 1.29 is 4.79 Å². The molecule has 1 fully saturated rings. The first-order valence-corrected chi connectivity index (χ1v) is 8.71. The van der Waals surface area contributed by atoms with E-state index in [1.54, 1.807) is 6.20 Å². The van der Waals surface area contributed by atoms with E-state index in [0.29, 0.717) is 18.8 Å². The summed E-state index contributed by atoms with van der Waals surface area (Å²) in [4.78, 5) is 23.8. The maximum absolute atomic E-state index is 12.7. The number of para-hydroxylation sites is 2. The molecule has 0 saturated carbocycles. The summed E-state index contributed by atoms with van der Waals surface area (Å²) < 4.78 is 0. The van der Waals surface area contributed by atoms with E-state index in [1.165, 1.54) is 0 Å². The lowest BCUT2D eigenvalue weighted by molar-refractivity contribution is -0.121. The minimum Gasteiger partial charge on any atom is -0.370 e. The molecule has 2 aliphatic heterocycles. The molecule has 130 valence electrons. The fourth-order valence-electron chi connectivity index (χ4n) is 3.48. The number of anilines is 4. The Morgan fingerprint density at radius 1 is 1.20 bits per heavy atom. The Hall–Kier alpha value is -2.83. The molecule has 4 rings (SSSR count). The van der Waals surface area contributed by atoms with Crippen LogP contribution < -0.4 is 20.9 Å². The average molecular weight is 338 g/mol. The Labute approximate surface area is 146 Å². The highest BCUT2D eigenvalue weighted by atomic mass is 16.2. The van der Waals surface area contributed by atoms with Crippen molar-refractivity contribution in [3.8, 4) is 0 Å². The van der Waals surface area contributed by atoms with Crippen LogP contribution in [0.3, 0.4) is 0 Å². The number of aromatic nitrogens is 2. The highest BCUT2D eigenvalue weighted by molar-refractivity contribution is 6.06. The van der Waals surface area contributed by atoms with Crippen molar-refractivity contribution in [2.24, 2.45) is 0 Å². The number of fused-ring (bicyclic) bond motifs is 1. The molecule has 0 radical (unpaired) electrons. The van der Waals surface area contributed by atoms with Crippen molar-refractivity contribution in [2.75, 3.05) is 40.5 Å². The maximum Gasteiger partial charge on any atom is 0.250 e. The number of rotatable bonds is 3. The van der Waals surface area contributed by atoms with Crippen LogP contribution in [0.25, 0.3) is 0 Å². The quantitative estimate of drug-likeness (QED) is 0.797. The molecule has 7 heteroatoms. The summed E-state index contributed by atoms with van der Waals surface area (Å²) >= 11 is 0. The minimum absolute atomic E-state index is 0.0492. The number of benzene rings is 1. The van der Waals surface area contributed by atoms with Crippen LogP contribution in [0.1, 0.15) is 19.8 Å². The van der Waals surface area contributed by atoms with Gasteiger partial charge >= 0.3 is 0 Å². The molecule has 3 N–H and O–H groups in total. The third kappa shape index (κ3) is 2.86. The van der Waals surface area contributed by atoms with Crippen molar-refractivity contribution in [3.63, 3.8) is 0 Å². The van der Waals surface area contributed by atoms with Crippen LogP contribution in [0, 0.1) is 0 Å². The van der Waals surface area contributed by atoms with Crippen LogP contribution >= 0.6 is 0 Å². The fraction of sp³-hybridized carbons (Fsp3) is 0.389. The topological polar surface area (TPSA) is 82.2 Å². The molecule has 1 aromatic heterocycles. The van der Waals surface area contributed by atoms with Gasteiger partial charge in [-0.3, -0.25) is 4.79 Å². The number of nitrogens with one attached hydrogen (secondary N) is 3. The van der Waals surface area contributed by atoms with Gasteiger partial charge in [-0.15, -0.1) is 0 Å². The smallest absolute Gasteiger partial charge is 0.250 e. The average Bonchev–Trinajstić information content (AvgIpc) is 2.64. The van der Waals surface area contributed by atoms with Gasteiger partial charge in [0.05, 0.1) is 11.4 Å². The number of nitrogens with zero attached hydrogens (tertiary/aromatic N) is 3. The zero-order chi connectivity index (χ0) is 17.3. The van der Waals surface area contributed by atoms with E-state index in [2.05, 4.69) is 30.8 Å². The van der Waals surface area contributed by atoms with E-state index in [1.807, 2.05) is 37.3 Å². The van der Waals surface area contributed by atoms with Crippen LogP contribution in [0.15, 0.2) is 36.5 Å². The lowest BCUT2D eigenvalue weighted by atomic mass is 9.84. The molecule has 0 atom stereocenters. The Bertz CT molecular complexity index is 785. The van der Waals surface area contributed by atoms with Gasteiger partial charge in [0, 0.05) is 25.8 Å². The Morgan fingerprint density at radius 3 is 2.72 bits per heavy atom. The lowest BCUT2D eigenvalue weighted by Gasteiger charge is -2.44.